The zero-order valence-corrected chi connectivity index (χ0v) is 15.5. The van der Waals surface area contributed by atoms with Gasteiger partial charge >= 0.3 is 0 Å². The van der Waals surface area contributed by atoms with Crippen molar-refractivity contribution in [2.45, 2.75) is 43.7 Å². The van der Waals surface area contributed by atoms with Crippen LogP contribution in [0.25, 0.3) is 0 Å². The van der Waals surface area contributed by atoms with Crippen molar-refractivity contribution in [3.05, 3.63) is 47.5 Å². The number of rotatable bonds is 9. The molecule has 1 fully saturated rings. The number of nitrogens with one attached hydrogen (secondary N) is 2. The minimum atomic E-state index is -0.321. The third-order valence-corrected chi connectivity index (χ3v) is 5.03. The zero-order chi connectivity index (χ0) is 19.2. The van der Waals surface area contributed by atoms with Crippen LogP contribution < -0.4 is 10.6 Å². The highest BCUT2D eigenvalue weighted by molar-refractivity contribution is 7.99. The fraction of sp³-hybridized carbons (Fsp3) is 0.389. The number of carbonyl (C=O) groups is 2. The summed E-state index contributed by atoms with van der Waals surface area (Å²) in [6, 6.07) is 6.17. The van der Waals surface area contributed by atoms with Gasteiger partial charge in [-0.15, -0.1) is 0 Å². The van der Waals surface area contributed by atoms with Gasteiger partial charge < -0.3 is 20.3 Å². The molecule has 0 aliphatic heterocycles. The second kappa shape index (κ2) is 9.01. The number of thioether (sulfide) groups is 1. The van der Waals surface area contributed by atoms with Gasteiger partial charge in [0.25, 0.3) is 0 Å². The highest BCUT2D eigenvalue weighted by Crippen LogP contribution is 2.21. The van der Waals surface area contributed by atoms with Crippen LogP contribution in [0.4, 0.5) is 4.39 Å². The Kier molecular flexibility index (Phi) is 6.46. The lowest BCUT2D eigenvalue weighted by Crippen LogP contribution is -2.30. The van der Waals surface area contributed by atoms with Crippen LogP contribution in [0, 0.1) is 5.82 Å². The Morgan fingerprint density at radius 1 is 1.26 bits per heavy atom. The van der Waals surface area contributed by atoms with Crippen LogP contribution in [-0.2, 0) is 29.3 Å². The van der Waals surface area contributed by atoms with E-state index in [1.54, 1.807) is 16.7 Å². The summed E-state index contributed by atoms with van der Waals surface area (Å²) in [4.78, 5) is 28.3. The molecule has 9 heteroatoms. The van der Waals surface area contributed by atoms with Crippen LogP contribution >= 0.6 is 11.8 Å². The van der Waals surface area contributed by atoms with Crippen molar-refractivity contribution in [2.75, 3.05) is 5.75 Å². The number of imidazole rings is 1. The van der Waals surface area contributed by atoms with Gasteiger partial charge in [0.1, 0.15) is 12.4 Å². The van der Waals surface area contributed by atoms with Gasteiger partial charge in [-0.05, 0) is 30.5 Å². The van der Waals surface area contributed by atoms with Crippen molar-refractivity contribution in [1.29, 1.82) is 0 Å². The minimum absolute atomic E-state index is 0.0614. The molecule has 3 rings (SSSR count). The highest BCUT2D eigenvalue weighted by Gasteiger charge is 2.24. The molecule has 1 heterocycles. The summed E-state index contributed by atoms with van der Waals surface area (Å²) < 4.78 is 14.5. The van der Waals surface area contributed by atoms with E-state index in [4.69, 9.17) is 0 Å². The second-order valence-electron chi connectivity index (χ2n) is 6.31. The highest BCUT2D eigenvalue weighted by atomic mass is 32.2. The third-order valence-electron chi connectivity index (χ3n) is 4.04. The molecule has 0 radical (unpaired) electrons. The number of amides is 2. The van der Waals surface area contributed by atoms with Gasteiger partial charge in [0.05, 0.1) is 24.3 Å². The molecule has 0 atom stereocenters. The number of nitrogens with zero attached hydrogens (tertiary/aromatic N) is 2. The lowest BCUT2D eigenvalue weighted by Gasteiger charge is -2.11. The van der Waals surface area contributed by atoms with Crippen molar-refractivity contribution in [1.82, 2.24) is 20.2 Å². The van der Waals surface area contributed by atoms with E-state index in [0.29, 0.717) is 17.4 Å². The Balaban J connectivity index is 1.51. The van der Waals surface area contributed by atoms with Gasteiger partial charge in [-0.25, -0.2) is 9.37 Å². The van der Waals surface area contributed by atoms with E-state index in [9.17, 15) is 19.1 Å². The molecule has 27 heavy (non-hydrogen) atoms. The van der Waals surface area contributed by atoms with Crippen molar-refractivity contribution in [3.63, 3.8) is 0 Å². The van der Waals surface area contributed by atoms with Crippen LogP contribution in [0.3, 0.4) is 0 Å². The van der Waals surface area contributed by atoms with E-state index < -0.39 is 0 Å². The first kappa shape index (κ1) is 19.4. The summed E-state index contributed by atoms with van der Waals surface area (Å²) in [5, 5.41) is 15.6. The Bertz CT molecular complexity index is 805. The molecule has 0 bridgehead atoms. The number of benzene rings is 1. The smallest absolute Gasteiger partial charge is 0.240 e. The van der Waals surface area contributed by atoms with E-state index in [0.717, 1.165) is 18.4 Å². The van der Waals surface area contributed by atoms with E-state index in [1.165, 1.54) is 30.1 Å². The van der Waals surface area contributed by atoms with E-state index in [-0.39, 0.29) is 42.6 Å². The van der Waals surface area contributed by atoms with Crippen molar-refractivity contribution >= 4 is 23.6 Å². The van der Waals surface area contributed by atoms with Gasteiger partial charge in [0.2, 0.25) is 11.8 Å². The molecule has 7 nitrogen and oxygen atoms in total. The normalized spacial score (nSPS) is 13.4. The molecule has 2 aromatic rings. The van der Waals surface area contributed by atoms with Gasteiger partial charge in [-0.1, -0.05) is 23.9 Å². The lowest BCUT2D eigenvalue weighted by molar-refractivity contribution is -0.122. The van der Waals surface area contributed by atoms with Gasteiger partial charge in [0, 0.05) is 12.6 Å². The summed E-state index contributed by atoms with van der Waals surface area (Å²) in [6.45, 7) is 0.132. The van der Waals surface area contributed by atoms with Gasteiger partial charge in [0.15, 0.2) is 5.16 Å². The average molecular weight is 392 g/mol. The minimum Gasteiger partial charge on any atom is -0.390 e. The molecule has 1 aromatic heterocycles. The van der Waals surface area contributed by atoms with Crippen molar-refractivity contribution < 1.29 is 19.1 Å². The first-order valence-corrected chi connectivity index (χ1v) is 9.62. The maximum absolute atomic E-state index is 12.9. The SMILES string of the molecule is O=C(CSc1ncc(CO)n1CC(=O)NC1CC1)NCc1ccc(F)cc1. The monoisotopic (exact) mass is 392 g/mol. The molecule has 0 spiro atoms. The van der Waals surface area contributed by atoms with E-state index in [1.807, 2.05) is 0 Å². The molecule has 1 aliphatic carbocycles. The van der Waals surface area contributed by atoms with Crippen LogP contribution in [0.2, 0.25) is 0 Å². The Morgan fingerprint density at radius 2 is 2.00 bits per heavy atom. The first-order chi connectivity index (χ1) is 13.0. The maximum atomic E-state index is 12.9. The molecular weight excluding hydrogens is 371 g/mol. The Morgan fingerprint density at radius 3 is 2.67 bits per heavy atom. The van der Waals surface area contributed by atoms with Crippen LogP contribution in [0.15, 0.2) is 35.6 Å². The van der Waals surface area contributed by atoms with Gasteiger partial charge in [-0.3, -0.25) is 9.59 Å². The molecular formula is C18H21FN4O3S. The molecule has 0 saturated heterocycles. The summed E-state index contributed by atoms with van der Waals surface area (Å²) in [5.41, 5.74) is 1.32. The molecule has 3 N–H and O–H groups in total. The molecule has 1 saturated carbocycles. The van der Waals surface area contributed by atoms with E-state index >= 15 is 0 Å². The van der Waals surface area contributed by atoms with Crippen LogP contribution in [-0.4, -0.2) is 38.3 Å². The molecule has 1 aliphatic rings. The largest absolute Gasteiger partial charge is 0.390 e. The summed E-state index contributed by atoms with van der Waals surface area (Å²) in [6.07, 6.45) is 3.50. The third kappa shape index (κ3) is 5.80. The van der Waals surface area contributed by atoms with E-state index in [2.05, 4.69) is 15.6 Å². The standard InChI is InChI=1S/C18H21FN4O3S/c19-13-3-1-12(2-4-13)7-20-17(26)11-27-18-21-8-15(10-24)23(18)9-16(25)22-14-5-6-14/h1-4,8,14,24H,5-7,9-11H2,(H,20,26)(H,22,25). The summed E-state index contributed by atoms with van der Waals surface area (Å²) in [5.74, 6) is -0.537. The topological polar surface area (TPSA) is 96.2 Å². The number of halogens is 1. The van der Waals surface area contributed by atoms with Gasteiger partial charge in [-0.2, -0.15) is 0 Å². The molecule has 2 amide bonds. The molecule has 1 aromatic carbocycles. The lowest BCUT2D eigenvalue weighted by atomic mass is 10.2. The molecule has 0 unspecified atom stereocenters. The number of carbonyl (C=O) groups excluding carboxylic acids is 2. The molecule has 144 valence electrons. The number of hydrogen-bond donors (Lipinski definition) is 3. The predicted molar refractivity (Wildman–Crippen MR) is 98.3 cm³/mol. The van der Waals surface area contributed by atoms with Crippen molar-refractivity contribution in [2.24, 2.45) is 0 Å². The fourth-order valence-electron chi connectivity index (χ4n) is 2.43. The first-order valence-electron chi connectivity index (χ1n) is 8.63. The Hall–Kier alpha value is -2.39. The predicted octanol–water partition coefficient (Wildman–Crippen LogP) is 1.20. The number of aliphatic hydroxyl groups is 1. The fourth-order valence-corrected chi connectivity index (χ4v) is 3.26. The van der Waals surface area contributed by atoms with Crippen LogP contribution in [0.5, 0.6) is 0 Å². The average Bonchev–Trinajstić information content (AvgIpc) is 3.38. The van der Waals surface area contributed by atoms with Crippen molar-refractivity contribution in [3.8, 4) is 0 Å². The maximum Gasteiger partial charge on any atom is 0.240 e. The van der Waals surface area contributed by atoms with Crippen LogP contribution in [0.1, 0.15) is 24.1 Å². The Labute approximate surface area is 160 Å². The summed E-state index contributed by atoms with van der Waals surface area (Å²) >= 11 is 1.19. The number of aliphatic hydroxyl groups excluding tert-OH is 1. The second-order valence-corrected chi connectivity index (χ2v) is 7.25. The zero-order valence-electron chi connectivity index (χ0n) is 14.7. The number of hydrogen-bond acceptors (Lipinski definition) is 5. The summed E-state index contributed by atoms with van der Waals surface area (Å²) in [7, 11) is 0. The quantitative estimate of drug-likeness (QED) is 0.558. The number of aromatic nitrogens is 2.